The molecule has 5 heteroatoms. The van der Waals surface area contributed by atoms with Crippen molar-refractivity contribution in [3.05, 3.63) is 44.7 Å². The molecule has 0 atom stereocenters. The molecule has 0 aliphatic heterocycles. The van der Waals surface area contributed by atoms with Crippen molar-refractivity contribution >= 4 is 44.8 Å². The van der Waals surface area contributed by atoms with E-state index in [0.717, 1.165) is 10.4 Å². The second kappa shape index (κ2) is 4.57. The summed E-state index contributed by atoms with van der Waals surface area (Å²) in [5.74, 6) is -0.926. The van der Waals surface area contributed by atoms with Crippen molar-refractivity contribution in [2.75, 3.05) is 0 Å². The molecule has 1 heterocycles. The number of halogens is 2. The molecule has 2 rings (SSSR count). The second-order valence-electron chi connectivity index (χ2n) is 3.10. The smallest absolute Gasteiger partial charge is 0.347 e. The predicted octanol–water partition coefficient (Wildman–Crippen LogP) is 4.53. The number of rotatable bonds is 2. The maximum Gasteiger partial charge on any atom is 0.347 e. The van der Waals surface area contributed by atoms with Crippen molar-refractivity contribution in [2.45, 2.75) is 0 Å². The molecule has 0 saturated heterocycles. The van der Waals surface area contributed by atoms with Gasteiger partial charge in [-0.2, -0.15) is 0 Å². The molecular formula is C11H6BrClO2S. The number of thiophene rings is 1. The van der Waals surface area contributed by atoms with Crippen LogP contribution in [0.15, 0.2) is 34.8 Å². The van der Waals surface area contributed by atoms with Crippen LogP contribution >= 0.6 is 38.9 Å². The highest BCUT2D eigenvalue weighted by Gasteiger charge is 2.14. The molecule has 2 aromatic rings. The Morgan fingerprint density at radius 2 is 2.12 bits per heavy atom. The Balaban J connectivity index is 2.49. The zero-order valence-electron chi connectivity index (χ0n) is 7.91. The largest absolute Gasteiger partial charge is 0.477 e. The van der Waals surface area contributed by atoms with E-state index in [9.17, 15) is 4.79 Å². The molecule has 0 radical (unpaired) electrons. The fourth-order valence-electron chi connectivity index (χ4n) is 1.30. The minimum absolute atomic E-state index is 0.301. The Morgan fingerprint density at radius 1 is 1.38 bits per heavy atom. The molecule has 1 N–H and O–H groups in total. The molecule has 1 aromatic heterocycles. The summed E-state index contributed by atoms with van der Waals surface area (Å²) in [6.45, 7) is 0. The van der Waals surface area contributed by atoms with Crippen molar-refractivity contribution in [2.24, 2.45) is 0 Å². The van der Waals surface area contributed by atoms with Gasteiger partial charge in [-0.3, -0.25) is 0 Å². The van der Waals surface area contributed by atoms with Gasteiger partial charge in [-0.25, -0.2) is 4.79 Å². The molecule has 0 spiro atoms. The molecule has 16 heavy (non-hydrogen) atoms. The molecule has 1 aromatic carbocycles. The fraction of sp³-hybridized carbons (Fsp3) is 0. The zero-order chi connectivity index (χ0) is 11.7. The first-order valence-corrected chi connectivity index (χ1v) is 6.35. The lowest BCUT2D eigenvalue weighted by Gasteiger charge is -1.96. The highest BCUT2D eigenvalue weighted by atomic mass is 79.9. The van der Waals surface area contributed by atoms with Gasteiger partial charge >= 0.3 is 5.97 Å². The fourth-order valence-corrected chi connectivity index (χ4v) is 3.17. The molecular weight excluding hydrogens is 312 g/mol. The number of aromatic carboxylic acids is 1. The van der Waals surface area contributed by atoms with E-state index in [1.807, 2.05) is 18.2 Å². The molecule has 0 bridgehead atoms. The molecule has 0 unspecified atom stereocenters. The van der Waals surface area contributed by atoms with Crippen LogP contribution in [0.5, 0.6) is 0 Å². The number of hydrogen-bond donors (Lipinski definition) is 1. The predicted molar refractivity (Wildman–Crippen MR) is 69.4 cm³/mol. The van der Waals surface area contributed by atoms with Crippen molar-refractivity contribution in [3.8, 4) is 10.4 Å². The van der Waals surface area contributed by atoms with E-state index in [-0.39, 0.29) is 0 Å². The van der Waals surface area contributed by atoms with E-state index in [1.54, 1.807) is 12.1 Å². The summed E-state index contributed by atoms with van der Waals surface area (Å²) in [5.41, 5.74) is 0.922. The third-order valence-electron chi connectivity index (χ3n) is 1.99. The highest BCUT2D eigenvalue weighted by Crippen LogP contribution is 2.35. The lowest BCUT2D eigenvalue weighted by molar-refractivity contribution is 0.0701. The average molecular weight is 318 g/mol. The lowest BCUT2D eigenvalue weighted by atomic mass is 10.2. The summed E-state index contributed by atoms with van der Waals surface area (Å²) in [4.78, 5) is 12.1. The van der Waals surface area contributed by atoms with E-state index in [4.69, 9.17) is 16.7 Å². The van der Waals surface area contributed by atoms with Crippen LogP contribution in [0.25, 0.3) is 10.4 Å². The van der Waals surface area contributed by atoms with Gasteiger partial charge in [0.1, 0.15) is 4.88 Å². The van der Waals surface area contributed by atoms with Gasteiger partial charge < -0.3 is 5.11 Å². The average Bonchev–Trinajstić information content (AvgIpc) is 2.60. The summed E-state index contributed by atoms with van der Waals surface area (Å²) in [6.07, 6.45) is 0. The monoisotopic (exact) mass is 316 g/mol. The molecule has 0 fully saturated rings. The molecule has 0 saturated carbocycles. The number of carbonyl (C=O) groups is 1. The van der Waals surface area contributed by atoms with Gasteiger partial charge in [0.05, 0.1) is 0 Å². The van der Waals surface area contributed by atoms with Gasteiger partial charge in [-0.15, -0.1) is 11.3 Å². The number of hydrogen-bond acceptors (Lipinski definition) is 2. The van der Waals surface area contributed by atoms with Gasteiger partial charge in [-0.05, 0) is 39.7 Å². The lowest BCUT2D eigenvalue weighted by Crippen LogP contribution is -1.91. The normalized spacial score (nSPS) is 10.4. The third-order valence-corrected chi connectivity index (χ3v) is 4.29. The minimum Gasteiger partial charge on any atom is -0.477 e. The van der Waals surface area contributed by atoms with Crippen LogP contribution in [-0.4, -0.2) is 11.1 Å². The van der Waals surface area contributed by atoms with Crippen LogP contribution in [-0.2, 0) is 0 Å². The summed E-state index contributed by atoms with van der Waals surface area (Å²) >= 11 is 10.3. The Morgan fingerprint density at radius 3 is 2.69 bits per heavy atom. The minimum atomic E-state index is -0.926. The number of benzene rings is 1. The van der Waals surface area contributed by atoms with E-state index in [1.165, 1.54) is 11.3 Å². The molecule has 0 aliphatic carbocycles. The van der Waals surface area contributed by atoms with Gasteiger partial charge in [-0.1, -0.05) is 23.7 Å². The summed E-state index contributed by atoms with van der Waals surface area (Å²) in [6, 6.07) is 9.12. The zero-order valence-corrected chi connectivity index (χ0v) is 11.1. The van der Waals surface area contributed by atoms with E-state index >= 15 is 0 Å². The Labute approximate surface area is 110 Å². The highest BCUT2D eigenvalue weighted by molar-refractivity contribution is 9.10. The van der Waals surface area contributed by atoms with Crippen LogP contribution in [0, 0.1) is 0 Å². The first kappa shape index (κ1) is 11.6. The quantitative estimate of drug-likeness (QED) is 0.883. The molecule has 2 nitrogen and oxygen atoms in total. The number of carboxylic acids is 1. The standard InChI is InChI=1S/C11H6BrClO2S/c12-8-5-9(16-10(8)11(14)15)6-2-1-3-7(13)4-6/h1-5H,(H,14,15). The first-order valence-electron chi connectivity index (χ1n) is 4.36. The maximum atomic E-state index is 10.9. The van der Waals surface area contributed by atoms with Crippen LogP contribution < -0.4 is 0 Å². The van der Waals surface area contributed by atoms with Gasteiger partial charge in [0.15, 0.2) is 0 Å². The Bertz CT molecular complexity index is 551. The summed E-state index contributed by atoms with van der Waals surface area (Å²) < 4.78 is 0.597. The maximum absolute atomic E-state index is 10.9. The van der Waals surface area contributed by atoms with Gasteiger partial charge in [0.25, 0.3) is 0 Å². The third kappa shape index (κ3) is 2.29. The first-order chi connectivity index (χ1) is 7.58. The molecule has 0 aliphatic rings. The van der Waals surface area contributed by atoms with Crippen LogP contribution in [0.4, 0.5) is 0 Å². The second-order valence-corrected chi connectivity index (χ2v) is 5.45. The van der Waals surface area contributed by atoms with E-state index in [2.05, 4.69) is 15.9 Å². The SMILES string of the molecule is O=C(O)c1sc(-c2cccc(Cl)c2)cc1Br. The Hall–Kier alpha value is -0.840. The van der Waals surface area contributed by atoms with Gasteiger partial charge in [0, 0.05) is 14.4 Å². The van der Waals surface area contributed by atoms with Crippen LogP contribution in [0.1, 0.15) is 9.67 Å². The van der Waals surface area contributed by atoms with Crippen molar-refractivity contribution in [1.29, 1.82) is 0 Å². The Kier molecular flexibility index (Phi) is 3.33. The topological polar surface area (TPSA) is 37.3 Å². The van der Waals surface area contributed by atoms with Crippen molar-refractivity contribution in [3.63, 3.8) is 0 Å². The van der Waals surface area contributed by atoms with E-state index in [0.29, 0.717) is 14.4 Å². The van der Waals surface area contributed by atoms with Crippen LogP contribution in [0.2, 0.25) is 5.02 Å². The number of carboxylic acid groups (broad SMARTS) is 1. The van der Waals surface area contributed by atoms with E-state index < -0.39 is 5.97 Å². The van der Waals surface area contributed by atoms with Crippen LogP contribution in [0.3, 0.4) is 0 Å². The molecule has 82 valence electrons. The summed E-state index contributed by atoms with van der Waals surface area (Å²) in [7, 11) is 0. The summed E-state index contributed by atoms with van der Waals surface area (Å²) in [5, 5.41) is 9.57. The molecule has 0 amide bonds. The van der Waals surface area contributed by atoms with Crippen molar-refractivity contribution in [1.82, 2.24) is 0 Å². The van der Waals surface area contributed by atoms with Gasteiger partial charge in [0.2, 0.25) is 0 Å². The van der Waals surface area contributed by atoms with Crippen molar-refractivity contribution < 1.29 is 9.90 Å².